The van der Waals surface area contributed by atoms with Crippen molar-refractivity contribution in [1.29, 1.82) is 0 Å². The summed E-state index contributed by atoms with van der Waals surface area (Å²) in [6, 6.07) is 4.75. The fourth-order valence-corrected chi connectivity index (χ4v) is 3.90. The third kappa shape index (κ3) is 5.79. The lowest BCUT2D eigenvalue weighted by Gasteiger charge is -2.17. The zero-order chi connectivity index (χ0) is 25.9. The minimum absolute atomic E-state index is 0.0345. The van der Waals surface area contributed by atoms with E-state index in [2.05, 4.69) is 30.7 Å². The van der Waals surface area contributed by atoms with Gasteiger partial charge in [0.05, 0.1) is 12.1 Å². The van der Waals surface area contributed by atoms with Gasteiger partial charge in [-0.25, -0.2) is 9.97 Å². The molecule has 4 rings (SSSR count). The number of amides is 2. The molecule has 0 saturated carbocycles. The van der Waals surface area contributed by atoms with Gasteiger partial charge in [0.15, 0.2) is 0 Å². The Hall–Kier alpha value is -4.00. The van der Waals surface area contributed by atoms with Gasteiger partial charge in [-0.3, -0.25) is 14.5 Å². The van der Waals surface area contributed by atoms with Gasteiger partial charge in [0.25, 0.3) is 11.8 Å². The van der Waals surface area contributed by atoms with Gasteiger partial charge in [0.2, 0.25) is 5.76 Å². The van der Waals surface area contributed by atoms with Crippen LogP contribution in [0.4, 0.5) is 24.7 Å². The highest BCUT2D eigenvalue weighted by molar-refractivity contribution is 6.02. The van der Waals surface area contributed by atoms with E-state index in [1.807, 2.05) is 0 Å². The molecule has 0 unspecified atom stereocenters. The summed E-state index contributed by atoms with van der Waals surface area (Å²) < 4.78 is 44.4. The maximum Gasteiger partial charge on any atom is 0.416 e. The van der Waals surface area contributed by atoms with Gasteiger partial charge in [-0.15, -0.1) is 0 Å². The van der Waals surface area contributed by atoms with E-state index in [1.165, 1.54) is 31.5 Å². The molecular formula is C23H24F3N7O3. The third-order valence-electron chi connectivity index (χ3n) is 5.79. The molecule has 4 N–H and O–H groups in total. The number of nitrogens with two attached hydrogens (primary N) is 1. The second-order valence-electron chi connectivity index (χ2n) is 8.42. The highest BCUT2D eigenvalue weighted by atomic mass is 19.4. The van der Waals surface area contributed by atoms with Gasteiger partial charge in [-0.05, 0) is 50.6 Å². The average molecular weight is 503 g/mol. The summed E-state index contributed by atoms with van der Waals surface area (Å²) in [6.45, 7) is 3.51. The average Bonchev–Trinajstić information content (AvgIpc) is 3.51. The van der Waals surface area contributed by atoms with Crippen molar-refractivity contribution < 1.29 is 27.3 Å². The van der Waals surface area contributed by atoms with E-state index in [1.54, 1.807) is 0 Å². The number of hydrogen-bond acceptors (Lipinski definition) is 8. The predicted molar refractivity (Wildman–Crippen MR) is 123 cm³/mol. The van der Waals surface area contributed by atoms with E-state index < -0.39 is 23.6 Å². The molecule has 13 heteroatoms. The molecule has 1 aliphatic heterocycles. The number of rotatable bonds is 7. The van der Waals surface area contributed by atoms with Crippen LogP contribution < -0.4 is 16.4 Å². The van der Waals surface area contributed by atoms with E-state index in [0.717, 1.165) is 32.0 Å². The molecule has 0 atom stereocenters. The van der Waals surface area contributed by atoms with E-state index in [-0.39, 0.29) is 40.8 Å². The molecule has 1 saturated heterocycles. The van der Waals surface area contributed by atoms with Crippen molar-refractivity contribution in [2.75, 3.05) is 24.1 Å². The molecule has 1 aromatic carbocycles. The summed E-state index contributed by atoms with van der Waals surface area (Å²) in [5, 5.41) is 8.75. The van der Waals surface area contributed by atoms with Crippen molar-refractivity contribution in [1.82, 2.24) is 25.3 Å². The Balaban J connectivity index is 1.39. The Kier molecular flexibility index (Phi) is 7.20. The second-order valence-corrected chi connectivity index (χ2v) is 8.42. The molecule has 3 heterocycles. The summed E-state index contributed by atoms with van der Waals surface area (Å²) >= 11 is 0. The maximum absolute atomic E-state index is 13.1. The van der Waals surface area contributed by atoms with E-state index in [0.29, 0.717) is 12.1 Å². The molecule has 1 fully saturated rings. The van der Waals surface area contributed by atoms with Crippen LogP contribution >= 0.6 is 0 Å². The van der Waals surface area contributed by atoms with Crippen LogP contribution in [0.5, 0.6) is 0 Å². The van der Waals surface area contributed by atoms with Crippen LogP contribution in [0.15, 0.2) is 35.1 Å². The number of nitrogen functional groups attached to an aromatic ring is 1. The highest BCUT2D eigenvalue weighted by Crippen LogP contribution is 2.33. The van der Waals surface area contributed by atoms with Crippen LogP contribution in [0.1, 0.15) is 56.3 Å². The van der Waals surface area contributed by atoms with Crippen LogP contribution in [0.3, 0.4) is 0 Å². The van der Waals surface area contributed by atoms with Crippen molar-refractivity contribution >= 4 is 23.3 Å². The van der Waals surface area contributed by atoms with Gasteiger partial charge in [0.1, 0.15) is 23.5 Å². The predicted octanol–water partition coefficient (Wildman–Crippen LogP) is 3.15. The van der Waals surface area contributed by atoms with Crippen molar-refractivity contribution in [3.63, 3.8) is 0 Å². The van der Waals surface area contributed by atoms with Crippen molar-refractivity contribution in [3.8, 4) is 0 Å². The third-order valence-corrected chi connectivity index (χ3v) is 5.79. The molecule has 10 nitrogen and oxygen atoms in total. The number of aromatic nitrogens is 3. The van der Waals surface area contributed by atoms with Gasteiger partial charge >= 0.3 is 6.18 Å². The molecular weight excluding hydrogens is 479 g/mol. The number of halogens is 3. The van der Waals surface area contributed by atoms with Gasteiger partial charge in [0, 0.05) is 23.9 Å². The Morgan fingerprint density at radius 3 is 2.61 bits per heavy atom. The Morgan fingerprint density at radius 1 is 1.14 bits per heavy atom. The summed E-state index contributed by atoms with van der Waals surface area (Å²) in [5.41, 5.74) is 6.05. The first kappa shape index (κ1) is 25.1. The zero-order valence-electron chi connectivity index (χ0n) is 19.4. The van der Waals surface area contributed by atoms with E-state index >= 15 is 0 Å². The number of likely N-dealkylation sites (tertiary alicyclic amines) is 1. The number of nitrogens with zero attached hydrogens (tertiary/aromatic N) is 4. The molecule has 190 valence electrons. The molecule has 2 amide bonds. The Labute approximate surface area is 204 Å². The van der Waals surface area contributed by atoms with Crippen molar-refractivity contribution in [3.05, 3.63) is 64.4 Å². The molecule has 1 aliphatic rings. The van der Waals surface area contributed by atoms with Crippen LogP contribution in [0.2, 0.25) is 0 Å². The normalized spacial score (nSPS) is 14.1. The first-order chi connectivity index (χ1) is 17.1. The number of alkyl halides is 3. The molecule has 0 bridgehead atoms. The summed E-state index contributed by atoms with van der Waals surface area (Å²) in [5.74, 6) is -1.28. The fourth-order valence-electron chi connectivity index (χ4n) is 3.90. The lowest BCUT2D eigenvalue weighted by molar-refractivity contribution is -0.138. The lowest BCUT2D eigenvalue weighted by Crippen LogP contribution is -2.28. The van der Waals surface area contributed by atoms with Gasteiger partial charge < -0.3 is 20.9 Å². The van der Waals surface area contributed by atoms with Crippen LogP contribution in [0.25, 0.3) is 0 Å². The van der Waals surface area contributed by atoms with Gasteiger partial charge in [-0.1, -0.05) is 11.2 Å². The summed E-state index contributed by atoms with van der Waals surface area (Å²) in [7, 11) is 0. The Morgan fingerprint density at radius 2 is 1.89 bits per heavy atom. The molecule has 3 aromatic rings. The van der Waals surface area contributed by atoms with Gasteiger partial charge in [-0.2, -0.15) is 13.2 Å². The minimum atomic E-state index is -4.55. The Bertz CT molecular complexity index is 1270. The minimum Gasteiger partial charge on any atom is -0.383 e. The number of hydrogen-bond donors (Lipinski definition) is 3. The zero-order valence-corrected chi connectivity index (χ0v) is 19.4. The van der Waals surface area contributed by atoms with Crippen molar-refractivity contribution in [2.24, 2.45) is 0 Å². The fraction of sp³-hybridized carbons (Fsp3) is 0.348. The SMILES string of the molecule is Cc1ccc(NC(=O)c2cc(CNC(=O)c3ncnc(N)c3CN3CCCC3)no2)cc1C(F)(F)F. The smallest absolute Gasteiger partial charge is 0.383 e. The lowest BCUT2D eigenvalue weighted by atomic mass is 10.1. The topological polar surface area (TPSA) is 139 Å². The monoisotopic (exact) mass is 503 g/mol. The number of carbonyl (C=O) groups is 2. The largest absolute Gasteiger partial charge is 0.416 e. The summed E-state index contributed by atoms with van der Waals surface area (Å²) in [6.07, 6.45) is -1.19. The van der Waals surface area contributed by atoms with Crippen LogP contribution in [-0.2, 0) is 19.3 Å². The van der Waals surface area contributed by atoms with Crippen LogP contribution in [0, 0.1) is 6.92 Å². The quantitative estimate of drug-likeness (QED) is 0.447. The standard InChI is InChI=1S/C23H24F3N7O3/c1-13-4-5-14(8-17(13)23(24,25)26)31-21(34)18-9-15(32-36-18)10-28-22(35)19-16(20(27)30-12-29-19)11-33-6-2-3-7-33/h4-5,8-9,12H,2-3,6-7,10-11H2,1H3,(H,28,35)(H,31,34)(H2,27,29,30). The first-order valence-electron chi connectivity index (χ1n) is 11.2. The molecule has 36 heavy (non-hydrogen) atoms. The number of aryl methyl sites for hydroxylation is 1. The highest BCUT2D eigenvalue weighted by Gasteiger charge is 2.32. The molecule has 0 radical (unpaired) electrons. The van der Waals surface area contributed by atoms with Crippen molar-refractivity contribution in [2.45, 2.75) is 39.0 Å². The summed E-state index contributed by atoms with van der Waals surface area (Å²) in [4.78, 5) is 35.5. The first-order valence-corrected chi connectivity index (χ1v) is 11.2. The number of benzene rings is 1. The number of anilines is 2. The molecule has 0 spiro atoms. The molecule has 0 aliphatic carbocycles. The molecule has 2 aromatic heterocycles. The maximum atomic E-state index is 13.1. The van der Waals surface area contributed by atoms with Crippen LogP contribution in [-0.4, -0.2) is 44.9 Å². The number of nitrogens with one attached hydrogen (secondary N) is 2. The van der Waals surface area contributed by atoms with E-state index in [4.69, 9.17) is 10.3 Å². The van der Waals surface area contributed by atoms with E-state index in [9.17, 15) is 22.8 Å². The second kappa shape index (κ2) is 10.3. The number of carbonyl (C=O) groups excluding carboxylic acids is 2.